The van der Waals surface area contributed by atoms with Gasteiger partial charge in [-0.05, 0) is 40.4 Å². The van der Waals surface area contributed by atoms with E-state index in [9.17, 15) is 0 Å². The van der Waals surface area contributed by atoms with E-state index in [4.69, 9.17) is 0 Å². The molecule has 0 heterocycles. The van der Waals surface area contributed by atoms with Crippen molar-refractivity contribution in [1.29, 1.82) is 0 Å². The predicted molar refractivity (Wildman–Crippen MR) is 73.4 cm³/mol. The molecule has 0 aromatic carbocycles. The third-order valence-electron chi connectivity index (χ3n) is 6.77. The van der Waals surface area contributed by atoms with Crippen LogP contribution < -0.4 is 0 Å². The van der Waals surface area contributed by atoms with Crippen LogP contribution in [0.2, 0.25) is 0 Å². The Labute approximate surface area is 103 Å². The molecule has 0 aliphatic heterocycles. The summed E-state index contributed by atoms with van der Waals surface area (Å²) in [5, 5.41) is 0. The Hall–Kier alpha value is 0. The Balaban J connectivity index is 2.95. The summed E-state index contributed by atoms with van der Waals surface area (Å²) in [7, 11) is 0. The summed E-state index contributed by atoms with van der Waals surface area (Å²) < 4.78 is 0. The SMILES string of the molecule is CC(C)C(C)C1(C)C(C)C1(C)C(C)C(C)C. The largest absolute Gasteiger partial charge is 0.0625 e. The van der Waals surface area contributed by atoms with E-state index < -0.39 is 0 Å². The second-order valence-corrected chi connectivity index (χ2v) is 7.35. The van der Waals surface area contributed by atoms with Gasteiger partial charge in [0.25, 0.3) is 0 Å². The van der Waals surface area contributed by atoms with Crippen molar-refractivity contribution < 1.29 is 0 Å². The molecule has 0 aromatic heterocycles. The highest BCUT2D eigenvalue weighted by Crippen LogP contribution is 2.76. The Bertz CT molecular complexity index is 227. The summed E-state index contributed by atoms with van der Waals surface area (Å²) in [4.78, 5) is 0. The molecule has 0 radical (unpaired) electrons. The molecule has 0 bridgehead atoms. The van der Waals surface area contributed by atoms with Crippen molar-refractivity contribution in [1.82, 2.24) is 0 Å². The third kappa shape index (κ3) is 1.56. The molecule has 1 saturated carbocycles. The molecular formula is C16H32. The van der Waals surface area contributed by atoms with Gasteiger partial charge in [0.1, 0.15) is 0 Å². The minimum atomic E-state index is 0.546. The second kappa shape index (κ2) is 4.03. The van der Waals surface area contributed by atoms with Gasteiger partial charge in [-0.25, -0.2) is 0 Å². The van der Waals surface area contributed by atoms with E-state index in [-0.39, 0.29) is 0 Å². The van der Waals surface area contributed by atoms with E-state index in [1.54, 1.807) is 0 Å². The Morgan fingerprint density at radius 3 is 1.12 bits per heavy atom. The highest BCUT2D eigenvalue weighted by atomic mass is 14.8. The molecule has 0 nitrogen and oxygen atoms in total. The van der Waals surface area contributed by atoms with E-state index >= 15 is 0 Å². The van der Waals surface area contributed by atoms with Gasteiger partial charge in [0.2, 0.25) is 0 Å². The highest BCUT2D eigenvalue weighted by Gasteiger charge is 2.72. The molecule has 0 spiro atoms. The zero-order valence-corrected chi connectivity index (χ0v) is 12.9. The van der Waals surface area contributed by atoms with Crippen LogP contribution in [0.4, 0.5) is 0 Å². The van der Waals surface area contributed by atoms with Gasteiger partial charge < -0.3 is 0 Å². The molecule has 1 fully saturated rings. The van der Waals surface area contributed by atoms with Crippen LogP contribution in [-0.2, 0) is 0 Å². The van der Waals surface area contributed by atoms with Crippen molar-refractivity contribution in [3.8, 4) is 0 Å². The van der Waals surface area contributed by atoms with Crippen LogP contribution in [0, 0.1) is 40.4 Å². The fraction of sp³-hybridized carbons (Fsp3) is 1.00. The van der Waals surface area contributed by atoms with Gasteiger partial charge in [0.15, 0.2) is 0 Å². The lowest BCUT2D eigenvalue weighted by atomic mass is 9.72. The molecule has 4 unspecified atom stereocenters. The maximum atomic E-state index is 2.53. The molecule has 4 atom stereocenters. The minimum absolute atomic E-state index is 0.546. The van der Waals surface area contributed by atoms with Crippen LogP contribution in [0.1, 0.15) is 62.3 Å². The van der Waals surface area contributed by atoms with Crippen LogP contribution in [0.5, 0.6) is 0 Å². The molecular weight excluding hydrogens is 192 g/mol. The summed E-state index contributed by atoms with van der Waals surface area (Å²) in [6.45, 7) is 21.9. The number of hydrogen-bond acceptors (Lipinski definition) is 0. The third-order valence-corrected chi connectivity index (χ3v) is 6.77. The molecule has 0 saturated heterocycles. The monoisotopic (exact) mass is 224 g/mol. The van der Waals surface area contributed by atoms with Crippen LogP contribution in [0.15, 0.2) is 0 Å². The lowest BCUT2D eigenvalue weighted by molar-refractivity contribution is 0.150. The normalized spacial score (nSPS) is 42.6. The summed E-state index contributed by atoms with van der Waals surface area (Å²) >= 11 is 0. The van der Waals surface area contributed by atoms with Crippen molar-refractivity contribution in [2.24, 2.45) is 40.4 Å². The first-order valence-corrected chi connectivity index (χ1v) is 7.11. The fourth-order valence-electron chi connectivity index (χ4n) is 4.28. The van der Waals surface area contributed by atoms with Crippen molar-refractivity contribution in [2.75, 3.05) is 0 Å². The van der Waals surface area contributed by atoms with Crippen LogP contribution >= 0.6 is 0 Å². The maximum absolute atomic E-state index is 2.53. The van der Waals surface area contributed by atoms with E-state index in [1.807, 2.05) is 0 Å². The van der Waals surface area contributed by atoms with Crippen LogP contribution in [0.25, 0.3) is 0 Å². The Morgan fingerprint density at radius 1 is 0.688 bits per heavy atom. The number of hydrogen-bond donors (Lipinski definition) is 0. The summed E-state index contributed by atoms with van der Waals surface area (Å²) in [5.41, 5.74) is 1.09. The van der Waals surface area contributed by atoms with Gasteiger partial charge in [-0.15, -0.1) is 0 Å². The molecule has 0 amide bonds. The minimum Gasteiger partial charge on any atom is -0.0625 e. The summed E-state index contributed by atoms with van der Waals surface area (Å²) in [5.74, 6) is 4.12. The quantitative estimate of drug-likeness (QED) is 0.613. The van der Waals surface area contributed by atoms with Crippen molar-refractivity contribution in [3.63, 3.8) is 0 Å². The summed E-state index contributed by atoms with van der Waals surface area (Å²) in [6.07, 6.45) is 0. The number of rotatable bonds is 4. The van der Waals surface area contributed by atoms with Gasteiger partial charge >= 0.3 is 0 Å². The van der Waals surface area contributed by atoms with Gasteiger partial charge in [0, 0.05) is 0 Å². The van der Waals surface area contributed by atoms with E-state index in [0.29, 0.717) is 10.8 Å². The summed E-state index contributed by atoms with van der Waals surface area (Å²) in [6, 6.07) is 0. The van der Waals surface area contributed by atoms with Gasteiger partial charge in [-0.2, -0.15) is 0 Å². The molecule has 0 N–H and O–H groups in total. The average molecular weight is 224 g/mol. The first kappa shape index (κ1) is 14.1. The average Bonchev–Trinajstić information content (AvgIpc) is 2.64. The lowest BCUT2D eigenvalue weighted by Gasteiger charge is -2.33. The van der Waals surface area contributed by atoms with Crippen molar-refractivity contribution in [3.05, 3.63) is 0 Å². The molecule has 0 aromatic rings. The smallest absolute Gasteiger partial charge is 0.0207 e. The first-order valence-electron chi connectivity index (χ1n) is 7.11. The van der Waals surface area contributed by atoms with Crippen molar-refractivity contribution in [2.45, 2.75) is 62.3 Å². The van der Waals surface area contributed by atoms with Crippen molar-refractivity contribution >= 4 is 0 Å². The van der Waals surface area contributed by atoms with Gasteiger partial charge in [-0.3, -0.25) is 0 Å². The Morgan fingerprint density at radius 2 is 0.938 bits per heavy atom. The van der Waals surface area contributed by atoms with Crippen LogP contribution in [-0.4, -0.2) is 0 Å². The fourth-order valence-corrected chi connectivity index (χ4v) is 4.28. The van der Waals surface area contributed by atoms with E-state index in [1.165, 1.54) is 0 Å². The van der Waals surface area contributed by atoms with Gasteiger partial charge in [0.05, 0.1) is 0 Å². The first-order chi connectivity index (χ1) is 7.11. The molecule has 1 aliphatic carbocycles. The molecule has 16 heavy (non-hydrogen) atoms. The van der Waals surface area contributed by atoms with E-state index in [2.05, 4.69) is 62.3 Å². The standard InChI is InChI=1S/C16H32/c1-10(2)12(5)15(8)14(7)16(15,9)13(6)11(3)4/h10-14H,1-9H3. The Kier molecular flexibility index (Phi) is 3.54. The predicted octanol–water partition coefficient (Wildman–Crippen LogP) is 5.23. The second-order valence-electron chi connectivity index (χ2n) is 7.35. The van der Waals surface area contributed by atoms with Gasteiger partial charge in [-0.1, -0.05) is 62.3 Å². The lowest BCUT2D eigenvalue weighted by Crippen LogP contribution is -2.27. The highest BCUT2D eigenvalue weighted by molar-refractivity contribution is 5.19. The van der Waals surface area contributed by atoms with Crippen LogP contribution in [0.3, 0.4) is 0 Å². The van der Waals surface area contributed by atoms with E-state index in [0.717, 1.165) is 29.6 Å². The molecule has 1 aliphatic rings. The zero-order valence-electron chi connectivity index (χ0n) is 12.9. The molecule has 96 valence electrons. The molecule has 1 rings (SSSR count). The zero-order chi connectivity index (χ0) is 12.9. The maximum Gasteiger partial charge on any atom is -0.0207 e. The topological polar surface area (TPSA) is 0 Å². The molecule has 0 heteroatoms.